The van der Waals surface area contributed by atoms with Gasteiger partial charge in [0.1, 0.15) is 0 Å². The van der Waals surface area contributed by atoms with E-state index in [-0.39, 0.29) is 0 Å². The minimum absolute atomic E-state index is 0.481. The third kappa shape index (κ3) is 0.401. The lowest BCUT2D eigenvalue weighted by molar-refractivity contribution is 0.839. The monoisotopic (exact) mass is 108 g/mol. The van der Waals surface area contributed by atoms with E-state index >= 15 is 0 Å². The van der Waals surface area contributed by atoms with Gasteiger partial charge in [0.2, 0.25) is 0 Å². The fourth-order valence-electron chi connectivity index (χ4n) is 0.773. The SMILES string of the molecule is [2H]C1([2H])c2ccccc2C1([2H])[2H]. The smallest absolute Gasteiger partial charge is 0.0319 e. The molecule has 0 aromatic heterocycles. The lowest BCUT2D eigenvalue weighted by atomic mass is 9.89. The van der Waals surface area contributed by atoms with Gasteiger partial charge in [-0.25, -0.2) is 0 Å². The van der Waals surface area contributed by atoms with Gasteiger partial charge in [0.05, 0.1) is 0 Å². The maximum absolute atomic E-state index is 7.44. The van der Waals surface area contributed by atoms with Gasteiger partial charge in [0.25, 0.3) is 0 Å². The molecule has 40 valence electrons. The van der Waals surface area contributed by atoms with E-state index in [0.717, 1.165) is 0 Å². The summed E-state index contributed by atoms with van der Waals surface area (Å²) in [4.78, 5) is 0. The number of rotatable bonds is 0. The third-order valence-corrected chi connectivity index (χ3v) is 1.26. The van der Waals surface area contributed by atoms with Crippen molar-refractivity contribution in [1.29, 1.82) is 0 Å². The summed E-state index contributed by atoms with van der Waals surface area (Å²) >= 11 is 0. The molecule has 1 aromatic carbocycles. The van der Waals surface area contributed by atoms with E-state index in [9.17, 15) is 0 Å². The molecule has 0 heteroatoms. The van der Waals surface area contributed by atoms with E-state index in [1.165, 1.54) is 0 Å². The van der Waals surface area contributed by atoms with Crippen molar-refractivity contribution in [3.8, 4) is 0 Å². The van der Waals surface area contributed by atoms with Gasteiger partial charge in [-0.3, -0.25) is 0 Å². The fraction of sp³-hybridized carbons (Fsp3) is 0.250. The Hall–Kier alpha value is -0.780. The average molecular weight is 108 g/mol. The van der Waals surface area contributed by atoms with Crippen LogP contribution in [0.3, 0.4) is 0 Å². The Morgan fingerprint density at radius 2 is 1.62 bits per heavy atom. The molecule has 1 aliphatic carbocycles. The van der Waals surface area contributed by atoms with Crippen LogP contribution >= 0.6 is 0 Å². The van der Waals surface area contributed by atoms with Gasteiger partial charge in [-0.1, -0.05) is 24.3 Å². The fourth-order valence-corrected chi connectivity index (χ4v) is 0.773. The van der Waals surface area contributed by atoms with E-state index in [2.05, 4.69) is 0 Å². The average Bonchev–Trinajstić information content (AvgIpc) is 2.04. The topological polar surface area (TPSA) is 0 Å². The molecule has 0 fully saturated rings. The lowest BCUT2D eigenvalue weighted by Crippen LogP contribution is -2.06. The van der Waals surface area contributed by atoms with Crippen molar-refractivity contribution in [3.05, 3.63) is 35.4 Å². The molecule has 2 rings (SSSR count). The number of fused-ring (bicyclic) bond motifs is 1. The van der Waals surface area contributed by atoms with Gasteiger partial charge in [0.15, 0.2) is 0 Å². The van der Waals surface area contributed by atoms with Crippen molar-refractivity contribution < 1.29 is 5.48 Å². The summed E-state index contributed by atoms with van der Waals surface area (Å²) in [6.45, 7) is 0. The first-order valence-electron chi connectivity index (χ1n) is 4.58. The Kier molecular flexibility index (Phi) is 0.315. The molecule has 0 spiro atoms. The molecule has 0 N–H and O–H groups in total. The largest absolute Gasteiger partial charge is 0.0620 e. The summed E-state index contributed by atoms with van der Waals surface area (Å²) in [5.74, 6) is 0. The van der Waals surface area contributed by atoms with Crippen molar-refractivity contribution in [2.75, 3.05) is 0 Å². The highest BCUT2D eigenvalue weighted by molar-refractivity contribution is 5.34. The maximum Gasteiger partial charge on any atom is 0.0319 e. The van der Waals surface area contributed by atoms with Crippen LogP contribution in [0.2, 0.25) is 0 Å². The first kappa shape index (κ1) is 1.87. The van der Waals surface area contributed by atoms with Gasteiger partial charge < -0.3 is 0 Å². The van der Waals surface area contributed by atoms with Crippen LogP contribution in [0.4, 0.5) is 0 Å². The van der Waals surface area contributed by atoms with E-state index in [0.29, 0.717) is 11.1 Å². The minimum Gasteiger partial charge on any atom is -0.0620 e. The Labute approximate surface area is 54.8 Å². The van der Waals surface area contributed by atoms with Crippen LogP contribution in [0.15, 0.2) is 24.3 Å². The summed E-state index contributed by atoms with van der Waals surface area (Å²) < 4.78 is 29.8. The molecular formula is C8H8. The first-order chi connectivity index (χ1) is 5.48. The molecule has 0 heterocycles. The summed E-state index contributed by atoms with van der Waals surface area (Å²) in [7, 11) is 0. The lowest BCUT2D eigenvalue weighted by Gasteiger charge is -2.16. The molecule has 0 unspecified atom stereocenters. The highest BCUT2D eigenvalue weighted by Gasteiger charge is 2.09. The van der Waals surface area contributed by atoms with Crippen LogP contribution in [0.5, 0.6) is 0 Å². The van der Waals surface area contributed by atoms with Crippen molar-refractivity contribution in [3.63, 3.8) is 0 Å². The molecule has 0 aliphatic heterocycles. The molecule has 0 atom stereocenters. The molecule has 0 saturated heterocycles. The minimum atomic E-state index is -1.82. The van der Waals surface area contributed by atoms with Gasteiger partial charge in [-0.2, -0.15) is 0 Å². The normalized spacial score (nSPS) is 34.5. The predicted molar refractivity (Wildman–Crippen MR) is 33.9 cm³/mol. The highest BCUT2D eigenvalue weighted by atomic mass is 14.1. The van der Waals surface area contributed by atoms with Gasteiger partial charge >= 0.3 is 0 Å². The number of hydrogen-bond acceptors (Lipinski definition) is 0. The number of hydrogen-bond donors (Lipinski definition) is 0. The zero-order valence-corrected chi connectivity index (χ0v) is 4.31. The molecule has 1 aromatic rings. The first-order valence-corrected chi connectivity index (χ1v) is 2.58. The molecule has 0 amide bonds. The zero-order chi connectivity index (χ0) is 8.98. The molecule has 0 saturated carbocycles. The second-order valence-corrected chi connectivity index (χ2v) is 1.80. The van der Waals surface area contributed by atoms with Crippen molar-refractivity contribution in [1.82, 2.24) is 0 Å². The predicted octanol–water partition coefficient (Wildman–Crippen LogP) is 1.79. The molecule has 0 nitrogen and oxygen atoms in total. The summed E-state index contributed by atoms with van der Waals surface area (Å²) in [5, 5.41) is 0. The van der Waals surface area contributed by atoms with Crippen LogP contribution in [-0.2, 0) is 12.7 Å². The van der Waals surface area contributed by atoms with E-state index in [4.69, 9.17) is 5.48 Å². The van der Waals surface area contributed by atoms with Crippen LogP contribution in [0, 0.1) is 0 Å². The van der Waals surface area contributed by atoms with Crippen molar-refractivity contribution >= 4 is 0 Å². The Bertz CT molecular complexity index is 297. The van der Waals surface area contributed by atoms with Crippen molar-refractivity contribution in [2.45, 2.75) is 12.7 Å². The van der Waals surface area contributed by atoms with Gasteiger partial charge in [-0.15, -0.1) is 0 Å². The molecule has 8 heavy (non-hydrogen) atoms. The van der Waals surface area contributed by atoms with Crippen LogP contribution < -0.4 is 0 Å². The van der Waals surface area contributed by atoms with Crippen LogP contribution in [0.1, 0.15) is 16.6 Å². The highest BCUT2D eigenvalue weighted by Crippen LogP contribution is 2.20. The second kappa shape index (κ2) is 1.35. The third-order valence-electron chi connectivity index (χ3n) is 1.26. The van der Waals surface area contributed by atoms with Crippen LogP contribution in [-0.4, -0.2) is 0 Å². The van der Waals surface area contributed by atoms with E-state index in [1.54, 1.807) is 24.3 Å². The Balaban J connectivity index is 2.64. The van der Waals surface area contributed by atoms with Crippen molar-refractivity contribution in [2.24, 2.45) is 0 Å². The second-order valence-electron chi connectivity index (χ2n) is 1.80. The Morgan fingerprint density at radius 1 is 1.12 bits per heavy atom. The van der Waals surface area contributed by atoms with E-state index < -0.39 is 12.7 Å². The quantitative estimate of drug-likeness (QED) is 0.475. The summed E-state index contributed by atoms with van der Waals surface area (Å²) in [6, 6.07) is 6.73. The standard InChI is InChI=1S/C8H8/c1-2-4-8-6-5-7(8)3-1/h1-4H,5-6H2/i5D2,6D2. The van der Waals surface area contributed by atoms with Crippen LogP contribution in [0.25, 0.3) is 0 Å². The van der Waals surface area contributed by atoms with Gasteiger partial charge in [-0.05, 0) is 23.9 Å². The summed E-state index contributed by atoms with van der Waals surface area (Å²) in [6.07, 6.45) is -3.63. The molecule has 0 radical (unpaired) electrons. The maximum atomic E-state index is 7.44. The zero-order valence-electron chi connectivity index (χ0n) is 8.31. The Morgan fingerprint density at radius 3 is 2.12 bits per heavy atom. The molecular weight excluding hydrogens is 96.1 g/mol. The molecule has 1 aliphatic rings. The van der Waals surface area contributed by atoms with Gasteiger partial charge in [0, 0.05) is 5.48 Å². The number of benzene rings is 1. The summed E-state index contributed by atoms with van der Waals surface area (Å²) in [5.41, 5.74) is 0.963. The number of aryl methyl sites for hydroxylation is 2. The van der Waals surface area contributed by atoms with E-state index in [1.807, 2.05) is 0 Å². The molecule has 0 bridgehead atoms.